The SMILES string of the molecule is Ic1ccc(N2NN=C(c3ccccc3)N2)cc1. The fourth-order valence-electron chi connectivity index (χ4n) is 1.69. The van der Waals surface area contributed by atoms with Gasteiger partial charge in [0.25, 0.3) is 0 Å². The molecule has 0 fully saturated rings. The highest BCUT2D eigenvalue weighted by atomic mass is 127. The summed E-state index contributed by atoms with van der Waals surface area (Å²) in [6.07, 6.45) is 0. The van der Waals surface area contributed by atoms with E-state index in [0.717, 1.165) is 17.1 Å². The largest absolute Gasteiger partial charge is 0.259 e. The molecule has 2 N–H and O–H groups in total. The number of benzene rings is 2. The topological polar surface area (TPSA) is 39.7 Å². The van der Waals surface area contributed by atoms with Crippen molar-refractivity contribution in [2.45, 2.75) is 0 Å². The van der Waals surface area contributed by atoms with Crippen LogP contribution in [0.4, 0.5) is 5.69 Å². The predicted octanol–water partition coefficient (Wildman–Crippen LogP) is 2.48. The average Bonchev–Trinajstić information content (AvgIpc) is 2.90. The van der Waals surface area contributed by atoms with Crippen molar-refractivity contribution in [1.29, 1.82) is 0 Å². The molecule has 1 aliphatic heterocycles. The molecule has 2 aromatic carbocycles. The van der Waals surface area contributed by atoms with Crippen LogP contribution in [0, 0.1) is 3.57 Å². The van der Waals surface area contributed by atoms with Crippen LogP contribution in [-0.2, 0) is 0 Å². The number of amidine groups is 1. The smallest absolute Gasteiger partial charge is 0.175 e. The molecular weight excluding hydrogens is 339 g/mol. The van der Waals surface area contributed by atoms with E-state index < -0.39 is 0 Å². The second-order valence-corrected chi connectivity index (χ2v) is 5.10. The average molecular weight is 350 g/mol. The van der Waals surface area contributed by atoms with Gasteiger partial charge in [-0.15, -0.1) is 5.10 Å². The first-order valence-corrected chi connectivity index (χ1v) is 6.62. The third kappa shape index (κ3) is 2.26. The molecule has 1 aliphatic rings. The lowest BCUT2D eigenvalue weighted by Gasteiger charge is -2.17. The molecule has 5 heteroatoms. The first-order chi connectivity index (χ1) is 8.83. The molecule has 18 heavy (non-hydrogen) atoms. The van der Waals surface area contributed by atoms with E-state index in [0.29, 0.717) is 0 Å². The number of nitrogens with zero attached hydrogens (tertiary/aromatic N) is 2. The van der Waals surface area contributed by atoms with Crippen molar-refractivity contribution in [3.05, 3.63) is 63.7 Å². The first-order valence-electron chi connectivity index (χ1n) is 5.54. The molecule has 4 nitrogen and oxygen atoms in total. The van der Waals surface area contributed by atoms with Crippen molar-refractivity contribution >= 4 is 34.1 Å². The summed E-state index contributed by atoms with van der Waals surface area (Å²) < 4.78 is 1.21. The van der Waals surface area contributed by atoms with E-state index in [1.165, 1.54) is 3.57 Å². The van der Waals surface area contributed by atoms with Crippen molar-refractivity contribution in [3.8, 4) is 0 Å². The summed E-state index contributed by atoms with van der Waals surface area (Å²) in [5, 5.41) is 6.06. The van der Waals surface area contributed by atoms with Crippen LogP contribution in [0.5, 0.6) is 0 Å². The van der Waals surface area contributed by atoms with Gasteiger partial charge in [-0.1, -0.05) is 30.3 Å². The summed E-state index contributed by atoms with van der Waals surface area (Å²) in [5.41, 5.74) is 8.23. The Labute approximate surface area is 119 Å². The quantitative estimate of drug-likeness (QED) is 0.818. The summed E-state index contributed by atoms with van der Waals surface area (Å²) in [4.78, 5) is 0. The summed E-state index contributed by atoms with van der Waals surface area (Å²) >= 11 is 2.29. The van der Waals surface area contributed by atoms with Crippen molar-refractivity contribution in [2.24, 2.45) is 5.10 Å². The normalized spacial score (nSPS) is 13.8. The van der Waals surface area contributed by atoms with Crippen molar-refractivity contribution < 1.29 is 0 Å². The molecule has 0 aromatic heterocycles. The van der Waals surface area contributed by atoms with Crippen LogP contribution in [0.2, 0.25) is 0 Å². The number of rotatable bonds is 2. The van der Waals surface area contributed by atoms with Crippen molar-refractivity contribution in [3.63, 3.8) is 0 Å². The van der Waals surface area contributed by atoms with E-state index in [-0.39, 0.29) is 0 Å². The Balaban J connectivity index is 1.76. The van der Waals surface area contributed by atoms with Gasteiger partial charge in [0.2, 0.25) is 0 Å². The van der Waals surface area contributed by atoms with Crippen molar-refractivity contribution in [2.75, 3.05) is 5.12 Å². The van der Waals surface area contributed by atoms with Crippen LogP contribution in [0.25, 0.3) is 0 Å². The molecule has 0 amide bonds. The molecule has 0 spiro atoms. The van der Waals surface area contributed by atoms with Crippen LogP contribution in [0.15, 0.2) is 59.7 Å². The minimum Gasteiger partial charge on any atom is -0.259 e. The Morgan fingerprint density at radius 2 is 1.67 bits per heavy atom. The third-order valence-electron chi connectivity index (χ3n) is 2.61. The van der Waals surface area contributed by atoms with Crippen LogP contribution in [0.3, 0.4) is 0 Å². The van der Waals surface area contributed by atoms with E-state index in [1.54, 1.807) is 5.12 Å². The number of hydrogen-bond donors (Lipinski definition) is 2. The lowest BCUT2D eigenvalue weighted by molar-refractivity contribution is 0.684. The summed E-state index contributed by atoms with van der Waals surface area (Å²) in [7, 11) is 0. The monoisotopic (exact) mass is 350 g/mol. The molecule has 1 heterocycles. The fraction of sp³-hybridized carbons (Fsp3) is 0. The number of nitrogens with one attached hydrogen (secondary N) is 2. The summed E-state index contributed by atoms with van der Waals surface area (Å²) in [6, 6.07) is 18.2. The molecule has 0 bridgehead atoms. The molecule has 2 aromatic rings. The highest BCUT2D eigenvalue weighted by molar-refractivity contribution is 14.1. The van der Waals surface area contributed by atoms with Crippen LogP contribution < -0.4 is 16.1 Å². The van der Waals surface area contributed by atoms with Gasteiger partial charge in [0, 0.05) is 9.13 Å². The molecular formula is C13H11IN4. The molecule has 90 valence electrons. The fourth-order valence-corrected chi connectivity index (χ4v) is 2.05. The van der Waals surface area contributed by atoms with Gasteiger partial charge in [-0.05, 0) is 46.9 Å². The van der Waals surface area contributed by atoms with Gasteiger partial charge < -0.3 is 0 Å². The molecule has 0 saturated carbocycles. The maximum atomic E-state index is 4.27. The minimum absolute atomic E-state index is 0.814. The second-order valence-electron chi connectivity index (χ2n) is 3.85. The van der Waals surface area contributed by atoms with E-state index in [1.807, 2.05) is 42.5 Å². The number of halogens is 1. The zero-order valence-corrected chi connectivity index (χ0v) is 11.6. The third-order valence-corrected chi connectivity index (χ3v) is 3.33. The maximum absolute atomic E-state index is 4.27. The van der Waals surface area contributed by atoms with E-state index in [2.05, 4.69) is 50.8 Å². The Kier molecular flexibility index (Phi) is 3.06. The number of hydrazone groups is 1. The number of hydrazine groups is 2. The molecule has 0 unspecified atom stereocenters. The van der Waals surface area contributed by atoms with Gasteiger partial charge in [-0.3, -0.25) is 5.43 Å². The first kappa shape index (κ1) is 11.3. The lowest BCUT2D eigenvalue weighted by Crippen LogP contribution is -2.41. The summed E-state index contributed by atoms with van der Waals surface area (Å²) in [5.74, 6) is 0.814. The zero-order chi connectivity index (χ0) is 12.4. The Morgan fingerprint density at radius 3 is 2.39 bits per heavy atom. The van der Waals surface area contributed by atoms with Gasteiger partial charge in [0.1, 0.15) is 0 Å². The number of hydrogen-bond acceptors (Lipinski definition) is 4. The molecule has 0 aliphatic carbocycles. The Hall–Kier alpha value is -1.76. The van der Waals surface area contributed by atoms with Gasteiger partial charge in [0.05, 0.1) is 5.69 Å². The second kappa shape index (κ2) is 4.85. The molecule has 3 rings (SSSR count). The number of anilines is 1. The van der Waals surface area contributed by atoms with E-state index in [9.17, 15) is 0 Å². The molecule has 0 atom stereocenters. The standard InChI is InChI=1S/C13H11IN4/c14-11-6-8-12(9-7-11)18-16-13(15-17-18)10-4-2-1-3-5-10/h1-9,17H,(H,15,16). The van der Waals surface area contributed by atoms with Crippen LogP contribution in [0.1, 0.15) is 5.56 Å². The predicted molar refractivity (Wildman–Crippen MR) is 80.9 cm³/mol. The van der Waals surface area contributed by atoms with Gasteiger partial charge >= 0.3 is 0 Å². The molecule has 0 saturated heterocycles. The highest BCUT2D eigenvalue weighted by Gasteiger charge is 2.15. The van der Waals surface area contributed by atoms with Gasteiger partial charge in [-0.25, -0.2) is 0 Å². The zero-order valence-electron chi connectivity index (χ0n) is 9.47. The Bertz CT molecular complexity index is 565. The maximum Gasteiger partial charge on any atom is 0.175 e. The van der Waals surface area contributed by atoms with E-state index in [4.69, 9.17) is 0 Å². The van der Waals surface area contributed by atoms with Gasteiger partial charge in [-0.2, -0.15) is 10.7 Å². The van der Waals surface area contributed by atoms with Crippen LogP contribution >= 0.6 is 22.6 Å². The Morgan fingerprint density at radius 1 is 0.944 bits per heavy atom. The minimum atomic E-state index is 0.814. The van der Waals surface area contributed by atoms with Gasteiger partial charge in [0.15, 0.2) is 5.84 Å². The van der Waals surface area contributed by atoms with Crippen LogP contribution in [-0.4, -0.2) is 5.84 Å². The molecule has 0 radical (unpaired) electrons. The van der Waals surface area contributed by atoms with Crippen molar-refractivity contribution in [1.82, 2.24) is 11.0 Å². The summed E-state index contributed by atoms with van der Waals surface area (Å²) in [6.45, 7) is 0. The van der Waals surface area contributed by atoms with E-state index >= 15 is 0 Å². The highest BCUT2D eigenvalue weighted by Crippen LogP contribution is 2.15. The lowest BCUT2D eigenvalue weighted by atomic mass is 10.2.